The molecule has 2 amide bonds. The van der Waals surface area contributed by atoms with Crippen LogP contribution in [0.25, 0.3) is 0 Å². The third-order valence-corrected chi connectivity index (χ3v) is 2.07. The molecule has 1 aromatic carbocycles. The molecule has 0 saturated heterocycles. The molecule has 1 atom stereocenters. The van der Waals surface area contributed by atoms with Gasteiger partial charge >= 0.3 is 0 Å². The van der Waals surface area contributed by atoms with Crippen molar-refractivity contribution in [3.05, 3.63) is 35.9 Å². The molecule has 0 saturated carbocycles. The highest BCUT2D eigenvalue weighted by molar-refractivity contribution is 5.89. The molecule has 0 aliphatic rings. The fraction of sp³-hybridized carbons (Fsp3) is 0.273. The van der Waals surface area contributed by atoms with Crippen LogP contribution in [0.5, 0.6) is 0 Å². The normalized spacial score (nSPS) is 11.9. The van der Waals surface area contributed by atoms with Gasteiger partial charge in [0.1, 0.15) is 0 Å². The van der Waals surface area contributed by atoms with Crippen molar-refractivity contribution < 1.29 is 14.3 Å². The number of carbonyl (C=O) groups is 2. The van der Waals surface area contributed by atoms with Crippen LogP contribution >= 0.6 is 0 Å². The summed E-state index contributed by atoms with van der Waals surface area (Å²) in [5, 5.41) is 0. The van der Waals surface area contributed by atoms with Gasteiger partial charge in [-0.15, -0.1) is 0 Å². The highest BCUT2D eigenvalue weighted by Gasteiger charge is 2.22. The van der Waals surface area contributed by atoms with Gasteiger partial charge in [0.25, 0.3) is 5.91 Å². The van der Waals surface area contributed by atoms with Crippen LogP contribution in [-0.2, 0) is 14.3 Å². The van der Waals surface area contributed by atoms with E-state index in [0.717, 1.165) is 10.5 Å². The van der Waals surface area contributed by atoms with E-state index in [1.165, 1.54) is 14.2 Å². The summed E-state index contributed by atoms with van der Waals surface area (Å²) in [4.78, 5) is 23.1. The number of methoxy groups -OCH3 is 1. The van der Waals surface area contributed by atoms with Gasteiger partial charge in [-0.05, 0) is 5.56 Å². The van der Waals surface area contributed by atoms with Gasteiger partial charge < -0.3 is 4.74 Å². The summed E-state index contributed by atoms with van der Waals surface area (Å²) in [6.45, 7) is 0. The van der Waals surface area contributed by atoms with Gasteiger partial charge in [0.2, 0.25) is 6.41 Å². The minimum Gasteiger partial charge on any atom is -0.367 e. The van der Waals surface area contributed by atoms with Crippen LogP contribution in [0.3, 0.4) is 0 Å². The fourth-order valence-electron chi connectivity index (χ4n) is 1.24. The Balaban J connectivity index is 2.90. The van der Waals surface area contributed by atoms with Crippen LogP contribution in [-0.4, -0.2) is 31.4 Å². The fourth-order valence-corrected chi connectivity index (χ4v) is 1.24. The van der Waals surface area contributed by atoms with Crippen molar-refractivity contribution in [1.29, 1.82) is 0 Å². The van der Waals surface area contributed by atoms with E-state index >= 15 is 0 Å². The van der Waals surface area contributed by atoms with Crippen LogP contribution in [0.15, 0.2) is 30.3 Å². The first-order valence-electron chi connectivity index (χ1n) is 4.50. The van der Waals surface area contributed by atoms with Gasteiger partial charge in [-0.1, -0.05) is 30.3 Å². The quantitative estimate of drug-likeness (QED) is 0.692. The minimum atomic E-state index is -0.721. The van der Waals surface area contributed by atoms with Gasteiger partial charge in [0.15, 0.2) is 6.10 Å². The van der Waals surface area contributed by atoms with Gasteiger partial charge in [0.05, 0.1) is 0 Å². The number of hydrogen-bond donors (Lipinski definition) is 0. The van der Waals surface area contributed by atoms with Gasteiger partial charge in [-0.25, -0.2) is 0 Å². The van der Waals surface area contributed by atoms with Crippen LogP contribution in [0.4, 0.5) is 0 Å². The minimum absolute atomic E-state index is 0.376. The molecule has 1 aromatic rings. The van der Waals surface area contributed by atoms with E-state index in [9.17, 15) is 9.59 Å². The zero-order chi connectivity index (χ0) is 11.3. The standard InChI is InChI=1S/C11H13NO3/c1-12(8-13)11(14)10(15-2)9-6-4-3-5-7-9/h3-8,10H,1-2H3/t10-/m1/s1. The smallest absolute Gasteiger partial charge is 0.262 e. The summed E-state index contributed by atoms with van der Waals surface area (Å²) in [6, 6.07) is 9.05. The average molecular weight is 207 g/mol. The third-order valence-electron chi connectivity index (χ3n) is 2.07. The number of ether oxygens (including phenoxy) is 1. The summed E-state index contributed by atoms with van der Waals surface area (Å²) in [6.07, 6.45) is -0.251. The van der Waals surface area contributed by atoms with E-state index in [1.807, 2.05) is 18.2 Å². The number of likely N-dealkylation sites (N-methyl/N-ethyl adjacent to an activating group) is 1. The number of nitrogens with zero attached hydrogens (tertiary/aromatic N) is 1. The maximum atomic E-state index is 11.7. The molecule has 4 nitrogen and oxygen atoms in total. The molecule has 0 N–H and O–H groups in total. The molecule has 0 radical (unpaired) electrons. The Bertz CT molecular complexity index is 337. The highest BCUT2D eigenvalue weighted by Crippen LogP contribution is 2.17. The lowest BCUT2D eigenvalue weighted by atomic mass is 10.1. The van der Waals surface area contributed by atoms with E-state index in [0.29, 0.717) is 6.41 Å². The molecule has 0 aromatic heterocycles. The van der Waals surface area contributed by atoms with E-state index in [4.69, 9.17) is 4.74 Å². The third kappa shape index (κ3) is 2.63. The zero-order valence-electron chi connectivity index (χ0n) is 8.71. The molecule has 80 valence electrons. The maximum absolute atomic E-state index is 11.7. The number of rotatable bonds is 4. The van der Waals surface area contributed by atoms with Crippen LogP contribution < -0.4 is 0 Å². The monoisotopic (exact) mass is 207 g/mol. The molecule has 1 rings (SSSR count). The highest BCUT2D eigenvalue weighted by atomic mass is 16.5. The SMILES string of the molecule is CO[C@@H](C(=O)N(C)C=O)c1ccccc1. The average Bonchev–Trinajstić information content (AvgIpc) is 2.30. The van der Waals surface area contributed by atoms with Gasteiger partial charge in [0, 0.05) is 14.2 Å². The Morgan fingerprint density at radius 2 is 2.00 bits per heavy atom. The van der Waals surface area contributed by atoms with Crippen molar-refractivity contribution in [1.82, 2.24) is 4.90 Å². The van der Waals surface area contributed by atoms with Crippen LogP contribution in [0.2, 0.25) is 0 Å². The lowest BCUT2D eigenvalue weighted by Gasteiger charge is -2.18. The summed E-state index contributed by atoms with van der Waals surface area (Å²) in [5.74, 6) is -0.376. The molecule has 0 bridgehead atoms. The van der Waals surface area contributed by atoms with Crippen molar-refractivity contribution in [2.75, 3.05) is 14.2 Å². The molecule has 15 heavy (non-hydrogen) atoms. The second kappa shape index (κ2) is 5.26. The molecule has 0 spiro atoms. The van der Waals surface area contributed by atoms with E-state index < -0.39 is 6.10 Å². The summed E-state index contributed by atoms with van der Waals surface area (Å²) < 4.78 is 5.07. The van der Waals surface area contributed by atoms with Crippen molar-refractivity contribution in [3.8, 4) is 0 Å². The predicted octanol–water partition coefficient (Wildman–Crippen LogP) is 0.989. The molecular weight excluding hydrogens is 194 g/mol. The summed E-state index contributed by atoms with van der Waals surface area (Å²) in [5.41, 5.74) is 0.735. The lowest BCUT2D eigenvalue weighted by Crippen LogP contribution is -2.31. The Labute approximate surface area is 88.5 Å². The molecular formula is C11H13NO3. The number of hydrogen-bond acceptors (Lipinski definition) is 3. The van der Waals surface area contributed by atoms with Crippen molar-refractivity contribution in [3.63, 3.8) is 0 Å². The van der Waals surface area contributed by atoms with E-state index in [-0.39, 0.29) is 5.91 Å². The van der Waals surface area contributed by atoms with Crippen LogP contribution in [0.1, 0.15) is 11.7 Å². The number of amides is 2. The first kappa shape index (κ1) is 11.4. The topological polar surface area (TPSA) is 46.6 Å². The zero-order valence-corrected chi connectivity index (χ0v) is 8.71. The molecule has 0 heterocycles. The summed E-state index contributed by atoms with van der Waals surface area (Å²) in [7, 11) is 2.85. The Kier molecular flexibility index (Phi) is 4.00. The molecule has 0 aliphatic heterocycles. The van der Waals surface area contributed by atoms with Gasteiger partial charge in [-0.3, -0.25) is 14.5 Å². The van der Waals surface area contributed by atoms with E-state index in [2.05, 4.69) is 0 Å². The first-order chi connectivity index (χ1) is 7.20. The van der Waals surface area contributed by atoms with Crippen LogP contribution in [0, 0.1) is 0 Å². The molecule has 0 aliphatic carbocycles. The van der Waals surface area contributed by atoms with Gasteiger partial charge in [-0.2, -0.15) is 0 Å². The largest absolute Gasteiger partial charge is 0.367 e. The Morgan fingerprint density at radius 1 is 1.40 bits per heavy atom. The molecule has 0 unspecified atom stereocenters. The second-order valence-corrected chi connectivity index (χ2v) is 3.08. The van der Waals surface area contributed by atoms with Crippen molar-refractivity contribution >= 4 is 12.3 Å². The van der Waals surface area contributed by atoms with Crippen molar-refractivity contribution in [2.24, 2.45) is 0 Å². The lowest BCUT2D eigenvalue weighted by molar-refractivity contribution is -0.145. The number of carbonyl (C=O) groups excluding carboxylic acids is 2. The van der Waals surface area contributed by atoms with Crippen molar-refractivity contribution in [2.45, 2.75) is 6.10 Å². The first-order valence-corrected chi connectivity index (χ1v) is 4.50. The Morgan fingerprint density at radius 3 is 2.47 bits per heavy atom. The maximum Gasteiger partial charge on any atom is 0.262 e. The molecule has 4 heteroatoms. The second-order valence-electron chi connectivity index (χ2n) is 3.08. The number of benzene rings is 1. The van der Waals surface area contributed by atoms with E-state index in [1.54, 1.807) is 12.1 Å². The molecule has 0 fully saturated rings. The predicted molar refractivity (Wildman–Crippen MR) is 55.0 cm³/mol. The summed E-state index contributed by atoms with van der Waals surface area (Å²) >= 11 is 0. The number of imide groups is 1. The Hall–Kier alpha value is -1.68.